The van der Waals surface area contributed by atoms with E-state index in [2.05, 4.69) is 16.3 Å². The zero-order chi connectivity index (χ0) is 10.4. The number of anilines is 1. The molecule has 0 atom stereocenters. The topological polar surface area (TPSA) is 52.8 Å². The molecule has 0 saturated carbocycles. The molecule has 74 valence electrons. The Hall–Kier alpha value is -1.63. The molecule has 14 heavy (non-hydrogen) atoms. The number of nitrogens with zero attached hydrogens (tertiary/aromatic N) is 4. The van der Waals surface area contributed by atoms with E-state index in [0.717, 1.165) is 18.1 Å². The summed E-state index contributed by atoms with van der Waals surface area (Å²) in [5.41, 5.74) is 0.907. The minimum atomic E-state index is 0.517. The maximum absolute atomic E-state index is 8.49. The average Bonchev–Trinajstić information content (AvgIpc) is 2.21. The van der Waals surface area contributed by atoms with Gasteiger partial charge in [-0.1, -0.05) is 0 Å². The summed E-state index contributed by atoms with van der Waals surface area (Å²) in [7, 11) is 0. The van der Waals surface area contributed by atoms with Crippen molar-refractivity contribution in [2.75, 3.05) is 18.0 Å². The molecule has 1 rings (SSSR count). The Morgan fingerprint density at radius 1 is 1.43 bits per heavy atom. The van der Waals surface area contributed by atoms with Gasteiger partial charge in [0.25, 0.3) is 0 Å². The summed E-state index contributed by atoms with van der Waals surface area (Å²) in [6.45, 7) is 5.51. The Morgan fingerprint density at radius 3 is 2.71 bits per heavy atom. The second-order valence-electron chi connectivity index (χ2n) is 3.02. The molecule has 0 aliphatic rings. The van der Waals surface area contributed by atoms with Crippen molar-refractivity contribution >= 4 is 5.82 Å². The fraction of sp³-hybridized carbons (Fsp3) is 0.500. The van der Waals surface area contributed by atoms with Crippen molar-refractivity contribution in [2.24, 2.45) is 0 Å². The lowest BCUT2D eigenvalue weighted by molar-refractivity contribution is 0.791. The van der Waals surface area contributed by atoms with E-state index in [1.165, 1.54) is 0 Å². The molecule has 0 spiro atoms. The van der Waals surface area contributed by atoms with E-state index < -0.39 is 0 Å². The summed E-state index contributed by atoms with van der Waals surface area (Å²) in [6.07, 6.45) is 0.517. The van der Waals surface area contributed by atoms with E-state index >= 15 is 0 Å². The smallest absolute Gasteiger partial charge is 0.151 e. The van der Waals surface area contributed by atoms with Crippen molar-refractivity contribution in [2.45, 2.75) is 20.3 Å². The van der Waals surface area contributed by atoms with E-state index in [0.29, 0.717) is 13.0 Å². The summed E-state index contributed by atoms with van der Waals surface area (Å²) >= 11 is 0. The van der Waals surface area contributed by atoms with Crippen molar-refractivity contribution in [3.63, 3.8) is 0 Å². The third-order valence-corrected chi connectivity index (χ3v) is 1.98. The molecule has 4 heteroatoms. The van der Waals surface area contributed by atoms with Gasteiger partial charge in [0, 0.05) is 13.1 Å². The summed E-state index contributed by atoms with van der Waals surface area (Å²) in [5.74, 6) is 0.841. The summed E-state index contributed by atoms with van der Waals surface area (Å²) in [6, 6.07) is 5.99. The fourth-order valence-corrected chi connectivity index (χ4v) is 1.18. The van der Waals surface area contributed by atoms with Crippen LogP contribution in [-0.2, 0) is 0 Å². The Labute approximate surface area is 84.2 Å². The minimum Gasteiger partial charge on any atom is -0.354 e. The minimum absolute atomic E-state index is 0.517. The number of hydrogen-bond donors (Lipinski definition) is 0. The van der Waals surface area contributed by atoms with Crippen LogP contribution in [0.2, 0.25) is 0 Å². The number of aromatic nitrogens is 2. The highest BCUT2D eigenvalue weighted by molar-refractivity contribution is 5.36. The van der Waals surface area contributed by atoms with Crippen molar-refractivity contribution in [3.05, 3.63) is 17.8 Å². The molecule has 0 N–H and O–H groups in total. The molecule has 0 amide bonds. The number of aryl methyl sites for hydroxylation is 1. The molecule has 1 aromatic heterocycles. The molecule has 0 aliphatic carbocycles. The second-order valence-corrected chi connectivity index (χ2v) is 3.02. The molecular weight excluding hydrogens is 176 g/mol. The first-order valence-corrected chi connectivity index (χ1v) is 4.70. The van der Waals surface area contributed by atoms with Crippen molar-refractivity contribution in [3.8, 4) is 6.07 Å². The third-order valence-electron chi connectivity index (χ3n) is 1.98. The lowest BCUT2D eigenvalue weighted by Gasteiger charge is -2.19. The van der Waals surface area contributed by atoms with Crippen LogP contribution >= 0.6 is 0 Å². The quantitative estimate of drug-likeness (QED) is 0.722. The van der Waals surface area contributed by atoms with Crippen LogP contribution in [0.3, 0.4) is 0 Å². The molecule has 0 aliphatic heterocycles. The van der Waals surface area contributed by atoms with Crippen LogP contribution in [0.4, 0.5) is 5.82 Å². The second kappa shape index (κ2) is 5.18. The van der Waals surface area contributed by atoms with E-state index in [9.17, 15) is 0 Å². The van der Waals surface area contributed by atoms with Crippen molar-refractivity contribution in [1.82, 2.24) is 10.2 Å². The lowest BCUT2D eigenvalue weighted by Crippen LogP contribution is -2.24. The van der Waals surface area contributed by atoms with Gasteiger partial charge in [0.2, 0.25) is 0 Å². The predicted octanol–water partition coefficient (Wildman–Crippen LogP) is 1.52. The van der Waals surface area contributed by atoms with Crippen LogP contribution in [0.15, 0.2) is 12.1 Å². The predicted molar refractivity (Wildman–Crippen MR) is 54.9 cm³/mol. The normalized spacial score (nSPS) is 9.50. The lowest BCUT2D eigenvalue weighted by atomic mass is 10.3. The monoisotopic (exact) mass is 190 g/mol. The van der Waals surface area contributed by atoms with E-state index in [1.54, 1.807) is 0 Å². The Balaban J connectivity index is 2.69. The Bertz CT molecular complexity index is 312. The molecule has 0 aromatic carbocycles. The number of nitriles is 1. The van der Waals surface area contributed by atoms with Gasteiger partial charge in [-0.2, -0.15) is 10.4 Å². The molecule has 0 unspecified atom stereocenters. The van der Waals surface area contributed by atoms with Gasteiger partial charge >= 0.3 is 0 Å². The summed E-state index contributed by atoms with van der Waals surface area (Å²) < 4.78 is 0. The van der Waals surface area contributed by atoms with Crippen LogP contribution in [0, 0.1) is 18.3 Å². The Kier molecular flexibility index (Phi) is 3.86. The molecule has 0 fully saturated rings. The van der Waals surface area contributed by atoms with Crippen molar-refractivity contribution in [1.29, 1.82) is 5.26 Å². The highest BCUT2D eigenvalue weighted by atomic mass is 15.3. The van der Waals surface area contributed by atoms with Crippen LogP contribution in [0.5, 0.6) is 0 Å². The maximum atomic E-state index is 8.49. The highest BCUT2D eigenvalue weighted by Crippen LogP contribution is 2.08. The summed E-state index contributed by atoms with van der Waals surface area (Å²) in [4.78, 5) is 2.04. The van der Waals surface area contributed by atoms with Crippen LogP contribution in [0.25, 0.3) is 0 Å². The molecule has 0 radical (unpaired) electrons. The molecule has 1 heterocycles. The van der Waals surface area contributed by atoms with Gasteiger partial charge in [0.15, 0.2) is 5.82 Å². The first-order valence-electron chi connectivity index (χ1n) is 4.70. The third kappa shape index (κ3) is 2.70. The zero-order valence-electron chi connectivity index (χ0n) is 8.56. The molecule has 4 nitrogen and oxygen atoms in total. The first-order chi connectivity index (χ1) is 6.77. The van der Waals surface area contributed by atoms with Crippen molar-refractivity contribution < 1.29 is 0 Å². The Morgan fingerprint density at radius 2 is 2.21 bits per heavy atom. The van der Waals surface area contributed by atoms with E-state index in [1.807, 2.05) is 30.9 Å². The van der Waals surface area contributed by atoms with Gasteiger partial charge in [-0.3, -0.25) is 0 Å². The van der Waals surface area contributed by atoms with Crippen LogP contribution in [0.1, 0.15) is 19.0 Å². The van der Waals surface area contributed by atoms with Gasteiger partial charge in [-0.15, -0.1) is 5.10 Å². The summed E-state index contributed by atoms with van der Waals surface area (Å²) in [5, 5.41) is 16.5. The standard InChI is InChI=1S/C10H14N4/c1-3-14(8-4-7-11)10-6-5-9(2)12-13-10/h5-6H,3-4,8H2,1-2H3. The van der Waals surface area contributed by atoms with E-state index in [4.69, 9.17) is 5.26 Å². The zero-order valence-corrected chi connectivity index (χ0v) is 8.56. The van der Waals surface area contributed by atoms with Gasteiger partial charge in [0.1, 0.15) is 0 Å². The highest BCUT2D eigenvalue weighted by Gasteiger charge is 2.04. The first kappa shape index (κ1) is 10.5. The fourth-order valence-electron chi connectivity index (χ4n) is 1.18. The van der Waals surface area contributed by atoms with Crippen LogP contribution < -0.4 is 4.90 Å². The van der Waals surface area contributed by atoms with Gasteiger partial charge < -0.3 is 4.90 Å². The van der Waals surface area contributed by atoms with Gasteiger partial charge in [-0.25, -0.2) is 0 Å². The molecule has 0 bridgehead atoms. The number of hydrogen-bond acceptors (Lipinski definition) is 4. The SMILES string of the molecule is CCN(CCC#N)c1ccc(C)nn1. The molecule has 1 aromatic rings. The maximum Gasteiger partial charge on any atom is 0.151 e. The van der Waals surface area contributed by atoms with E-state index in [-0.39, 0.29) is 0 Å². The van der Waals surface area contributed by atoms with Crippen LogP contribution in [-0.4, -0.2) is 23.3 Å². The molecule has 0 saturated heterocycles. The largest absolute Gasteiger partial charge is 0.354 e. The molecular formula is C10H14N4. The van der Waals surface area contributed by atoms with Gasteiger partial charge in [0.05, 0.1) is 18.2 Å². The average molecular weight is 190 g/mol. The number of rotatable bonds is 4. The van der Waals surface area contributed by atoms with Gasteiger partial charge in [-0.05, 0) is 26.0 Å².